The van der Waals surface area contributed by atoms with Crippen molar-refractivity contribution in [1.29, 1.82) is 0 Å². The van der Waals surface area contributed by atoms with Gasteiger partial charge >= 0.3 is 0 Å². The normalized spacial score (nSPS) is 12.5. The SMILES string of the molecule is Fc1cc(Br)c(Cl)cc1C(Br)c1cc(Cl)ccc1I. The molecule has 1 unspecified atom stereocenters. The van der Waals surface area contributed by atoms with E-state index in [1.807, 2.05) is 12.1 Å². The first-order chi connectivity index (χ1) is 8.90. The van der Waals surface area contributed by atoms with Gasteiger partial charge in [0.25, 0.3) is 0 Å². The second-order valence-corrected chi connectivity index (χ2v) is 7.59. The molecule has 0 radical (unpaired) electrons. The molecule has 2 rings (SSSR count). The molecule has 0 fully saturated rings. The zero-order valence-electron chi connectivity index (χ0n) is 9.23. The van der Waals surface area contributed by atoms with Crippen LogP contribution in [0.2, 0.25) is 10.0 Å². The highest BCUT2D eigenvalue weighted by Gasteiger charge is 2.19. The predicted octanol–water partition coefficient (Wildman–Crippen LogP) is 6.98. The molecular weight excluding hydrogens is 533 g/mol. The summed E-state index contributed by atoms with van der Waals surface area (Å²) in [5, 5.41) is 1.08. The Balaban J connectivity index is 2.52. The van der Waals surface area contributed by atoms with Crippen molar-refractivity contribution in [1.82, 2.24) is 0 Å². The summed E-state index contributed by atoms with van der Waals surface area (Å²) in [5.41, 5.74) is 1.39. The number of halogens is 6. The third-order valence-electron chi connectivity index (χ3n) is 2.54. The summed E-state index contributed by atoms with van der Waals surface area (Å²) >= 11 is 20.9. The maximum absolute atomic E-state index is 14.0. The van der Waals surface area contributed by atoms with Crippen LogP contribution in [0.3, 0.4) is 0 Å². The van der Waals surface area contributed by atoms with Crippen LogP contribution in [0.1, 0.15) is 16.0 Å². The number of hydrogen-bond donors (Lipinski definition) is 0. The highest BCUT2D eigenvalue weighted by molar-refractivity contribution is 14.1. The fourth-order valence-electron chi connectivity index (χ4n) is 1.61. The second kappa shape index (κ2) is 6.60. The van der Waals surface area contributed by atoms with Crippen LogP contribution in [0, 0.1) is 9.39 Å². The Bertz CT molecular complexity index is 634. The number of rotatable bonds is 2. The average molecular weight is 539 g/mol. The van der Waals surface area contributed by atoms with Crippen molar-refractivity contribution in [3.05, 3.63) is 65.4 Å². The molecule has 0 saturated heterocycles. The Hall–Kier alpha value is 0.640. The lowest BCUT2D eigenvalue weighted by Crippen LogP contribution is -1.99. The van der Waals surface area contributed by atoms with E-state index >= 15 is 0 Å². The maximum atomic E-state index is 14.0. The van der Waals surface area contributed by atoms with Crippen molar-refractivity contribution >= 4 is 77.7 Å². The molecule has 0 aliphatic rings. The first-order valence-corrected chi connectivity index (χ1v) is 8.68. The van der Waals surface area contributed by atoms with Crippen LogP contribution >= 0.6 is 77.7 Å². The van der Waals surface area contributed by atoms with Crippen LogP contribution in [-0.4, -0.2) is 0 Å². The molecule has 0 N–H and O–H groups in total. The van der Waals surface area contributed by atoms with Gasteiger partial charge in [0.05, 0.1) is 9.85 Å². The molecule has 0 aliphatic carbocycles. The summed E-state index contributed by atoms with van der Waals surface area (Å²) in [6, 6.07) is 8.49. The van der Waals surface area contributed by atoms with Crippen molar-refractivity contribution < 1.29 is 4.39 Å². The fraction of sp³-hybridized carbons (Fsp3) is 0.0769. The summed E-state index contributed by atoms with van der Waals surface area (Å²) in [6.45, 7) is 0. The molecule has 0 spiro atoms. The lowest BCUT2D eigenvalue weighted by molar-refractivity contribution is 0.612. The zero-order chi connectivity index (χ0) is 14.2. The van der Waals surface area contributed by atoms with Crippen molar-refractivity contribution in [2.75, 3.05) is 0 Å². The zero-order valence-corrected chi connectivity index (χ0v) is 16.1. The van der Waals surface area contributed by atoms with Gasteiger partial charge in [0.15, 0.2) is 0 Å². The minimum Gasteiger partial charge on any atom is -0.207 e. The third kappa shape index (κ3) is 3.64. The van der Waals surface area contributed by atoms with Gasteiger partial charge in [-0.15, -0.1) is 0 Å². The maximum Gasteiger partial charge on any atom is 0.129 e. The van der Waals surface area contributed by atoms with Gasteiger partial charge in [-0.25, -0.2) is 4.39 Å². The van der Waals surface area contributed by atoms with Crippen LogP contribution in [0.25, 0.3) is 0 Å². The highest BCUT2D eigenvalue weighted by Crippen LogP contribution is 2.38. The van der Waals surface area contributed by atoms with Gasteiger partial charge in [-0.2, -0.15) is 0 Å². The van der Waals surface area contributed by atoms with Crippen molar-refractivity contribution in [2.24, 2.45) is 0 Å². The first-order valence-electron chi connectivity index (χ1n) is 5.13. The van der Waals surface area contributed by atoms with Gasteiger partial charge in [-0.3, -0.25) is 0 Å². The molecule has 100 valence electrons. The molecule has 2 aromatic carbocycles. The van der Waals surface area contributed by atoms with E-state index in [4.69, 9.17) is 23.2 Å². The third-order valence-corrected chi connectivity index (χ3v) is 5.94. The van der Waals surface area contributed by atoms with Crippen LogP contribution in [0.5, 0.6) is 0 Å². The Morgan fingerprint density at radius 1 is 1.11 bits per heavy atom. The standard InChI is InChI=1S/C13H6Br2Cl2FI/c14-9-5-11(18)7(4-10(9)17)13(15)8-3-6(16)1-2-12(8)19/h1-5,13H. The van der Waals surface area contributed by atoms with Gasteiger partial charge < -0.3 is 0 Å². The molecule has 0 aliphatic heterocycles. The molecule has 0 nitrogen and oxygen atoms in total. The molecule has 0 bridgehead atoms. The molecule has 0 heterocycles. The van der Waals surface area contributed by atoms with Crippen LogP contribution in [0.4, 0.5) is 4.39 Å². The molecular formula is C13H6Br2Cl2FI. The monoisotopic (exact) mass is 536 g/mol. The minimum absolute atomic E-state index is 0.302. The van der Waals surface area contributed by atoms with Gasteiger partial charge in [0.1, 0.15) is 5.82 Å². The minimum atomic E-state index is -0.325. The Labute approximate surface area is 151 Å². The van der Waals surface area contributed by atoms with Crippen LogP contribution in [0.15, 0.2) is 34.8 Å². The molecule has 0 amide bonds. The van der Waals surface area contributed by atoms with Gasteiger partial charge in [0.2, 0.25) is 0 Å². The van der Waals surface area contributed by atoms with Crippen LogP contribution in [-0.2, 0) is 0 Å². The van der Waals surface area contributed by atoms with E-state index in [9.17, 15) is 4.39 Å². The van der Waals surface area contributed by atoms with E-state index in [1.54, 1.807) is 12.1 Å². The van der Waals surface area contributed by atoms with E-state index in [-0.39, 0.29) is 10.6 Å². The second-order valence-electron chi connectivity index (χ2n) is 3.82. The average Bonchev–Trinajstić information content (AvgIpc) is 2.36. The summed E-state index contributed by atoms with van der Waals surface area (Å²) in [7, 11) is 0. The highest BCUT2D eigenvalue weighted by atomic mass is 127. The van der Waals surface area contributed by atoms with Crippen molar-refractivity contribution in [3.8, 4) is 0 Å². The topological polar surface area (TPSA) is 0 Å². The summed E-state index contributed by atoms with van der Waals surface area (Å²) < 4.78 is 15.6. The summed E-state index contributed by atoms with van der Waals surface area (Å²) in [6.07, 6.45) is 0. The van der Waals surface area contributed by atoms with E-state index in [0.29, 0.717) is 20.1 Å². The smallest absolute Gasteiger partial charge is 0.129 e. The summed E-state index contributed by atoms with van der Waals surface area (Å²) in [5.74, 6) is -0.325. The Morgan fingerprint density at radius 2 is 1.79 bits per heavy atom. The molecule has 6 heteroatoms. The van der Waals surface area contributed by atoms with Gasteiger partial charge in [-0.05, 0) is 74.4 Å². The predicted molar refractivity (Wildman–Crippen MR) is 94.0 cm³/mol. The summed E-state index contributed by atoms with van der Waals surface area (Å²) in [4.78, 5) is -0.302. The fourth-order valence-corrected chi connectivity index (χ4v) is 4.08. The largest absolute Gasteiger partial charge is 0.207 e. The van der Waals surface area contributed by atoms with Crippen molar-refractivity contribution in [3.63, 3.8) is 0 Å². The molecule has 0 aromatic heterocycles. The first kappa shape index (κ1) is 16.0. The van der Waals surface area contributed by atoms with Crippen LogP contribution < -0.4 is 0 Å². The Morgan fingerprint density at radius 3 is 2.47 bits per heavy atom. The molecule has 0 saturated carbocycles. The van der Waals surface area contributed by atoms with E-state index < -0.39 is 0 Å². The molecule has 2 aromatic rings. The van der Waals surface area contributed by atoms with Gasteiger partial charge in [0, 0.05) is 18.6 Å². The molecule has 19 heavy (non-hydrogen) atoms. The Kier molecular flexibility index (Phi) is 5.57. The van der Waals surface area contributed by atoms with E-state index in [1.165, 1.54) is 6.07 Å². The van der Waals surface area contributed by atoms with E-state index in [2.05, 4.69) is 54.5 Å². The lowest BCUT2D eigenvalue weighted by Gasteiger charge is -2.15. The molecule has 1 atom stereocenters. The number of benzene rings is 2. The van der Waals surface area contributed by atoms with Crippen molar-refractivity contribution in [2.45, 2.75) is 4.83 Å². The number of hydrogen-bond acceptors (Lipinski definition) is 0. The number of alkyl halides is 1. The van der Waals surface area contributed by atoms with Gasteiger partial charge in [-0.1, -0.05) is 39.1 Å². The lowest BCUT2D eigenvalue weighted by atomic mass is 10.0. The van der Waals surface area contributed by atoms with E-state index in [0.717, 1.165) is 9.13 Å². The quantitative estimate of drug-likeness (QED) is 0.220.